The van der Waals surface area contributed by atoms with Gasteiger partial charge in [0.25, 0.3) is 10.0 Å². The highest BCUT2D eigenvalue weighted by molar-refractivity contribution is 7.93. The van der Waals surface area contributed by atoms with Crippen LogP contribution in [-0.4, -0.2) is 59.8 Å². The number of hydrogen-bond donors (Lipinski definition) is 1. The zero-order valence-corrected chi connectivity index (χ0v) is 23.9. The molecule has 0 aromatic heterocycles. The smallest absolute Gasteiger partial charge is 0.264 e. The molecule has 0 spiro atoms. The van der Waals surface area contributed by atoms with Crippen LogP contribution in [0.2, 0.25) is 10.0 Å². The summed E-state index contributed by atoms with van der Waals surface area (Å²) in [6.07, 6.45) is 1.71. The van der Waals surface area contributed by atoms with Crippen LogP contribution in [0.4, 0.5) is 5.69 Å². The first kappa shape index (κ1) is 29.2. The number of hydrogen-bond acceptors (Lipinski definition) is 6. The summed E-state index contributed by atoms with van der Waals surface area (Å²) in [6, 6.07) is 18.1. The van der Waals surface area contributed by atoms with Gasteiger partial charge in [0.15, 0.2) is 0 Å². The molecule has 1 saturated heterocycles. The number of nitrogens with zero attached hydrogens (tertiary/aromatic N) is 2. The van der Waals surface area contributed by atoms with Gasteiger partial charge in [0.05, 0.1) is 27.0 Å². The average molecular weight is 613 g/mol. The molecule has 9 nitrogen and oxygen atoms in total. The largest absolute Gasteiger partial charge is 0.492 e. The zero-order chi connectivity index (χ0) is 28.0. The Kier molecular flexibility index (Phi) is 9.39. The molecule has 1 N–H and O–H groups in total. The monoisotopic (exact) mass is 611 g/mol. The summed E-state index contributed by atoms with van der Waals surface area (Å²) >= 11 is 12.3. The van der Waals surface area contributed by atoms with E-state index < -0.39 is 32.5 Å². The number of carbonyl (C=O) groups is 1. The van der Waals surface area contributed by atoms with E-state index in [0.717, 1.165) is 17.1 Å². The van der Waals surface area contributed by atoms with E-state index in [-0.39, 0.29) is 33.7 Å². The van der Waals surface area contributed by atoms with Gasteiger partial charge in [0, 0.05) is 18.1 Å². The first-order chi connectivity index (χ1) is 18.6. The number of amides is 1. The molecule has 0 unspecified atom stereocenters. The first-order valence-electron chi connectivity index (χ1n) is 12.1. The zero-order valence-electron chi connectivity index (χ0n) is 20.8. The molecule has 0 bridgehead atoms. The Labute approximate surface area is 238 Å². The van der Waals surface area contributed by atoms with Crippen molar-refractivity contribution in [2.24, 2.45) is 0 Å². The normalized spacial score (nSPS) is 14.2. The van der Waals surface area contributed by atoms with Gasteiger partial charge in [-0.25, -0.2) is 16.8 Å². The molecule has 1 aliphatic rings. The fraction of sp³-hybridized carbons (Fsp3) is 0.269. The fourth-order valence-electron chi connectivity index (χ4n) is 4.03. The lowest BCUT2D eigenvalue weighted by Gasteiger charge is -2.25. The van der Waals surface area contributed by atoms with E-state index in [1.165, 1.54) is 46.8 Å². The van der Waals surface area contributed by atoms with Crippen LogP contribution in [0.25, 0.3) is 0 Å². The van der Waals surface area contributed by atoms with Crippen LogP contribution in [0.15, 0.2) is 82.6 Å². The topological polar surface area (TPSA) is 113 Å². The molecule has 1 heterocycles. The Morgan fingerprint density at radius 3 is 2.21 bits per heavy atom. The highest BCUT2D eigenvalue weighted by Gasteiger charge is 2.29. The van der Waals surface area contributed by atoms with E-state index >= 15 is 0 Å². The lowest BCUT2D eigenvalue weighted by atomic mass is 10.3. The molecule has 0 radical (unpaired) electrons. The van der Waals surface area contributed by atoms with Crippen molar-refractivity contribution >= 4 is 54.8 Å². The van der Waals surface area contributed by atoms with Gasteiger partial charge in [-0.05, 0) is 67.4 Å². The van der Waals surface area contributed by atoms with Crippen molar-refractivity contribution in [2.75, 3.05) is 37.1 Å². The maximum absolute atomic E-state index is 13.4. The second kappa shape index (κ2) is 12.6. The number of sulfonamides is 2. The average Bonchev–Trinajstić information content (AvgIpc) is 3.47. The second-order valence-electron chi connectivity index (χ2n) is 8.70. The Morgan fingerprint density at radius 2 is 1.56 bits per heavy atom. The summed E-state index contributed by atoms with van der Waals surface area (Å²) in [5.74, 6) is -0.137. The van der Waals surface area contributed by atoms with Crippen molar-refractivity contribution in [3.8, 4) is 5.75 Å². The van der Waals surface area contributed by atoms with Crippen LogP contribution < -0.4 is 14.4 Å². The summed E-state index contributed by atoms with van der Waals surface area (Å²) in [4.78, 5) is 13.0. The molecule has 0 aliphatic carbocycles. The predicted molar refractivity (Wildman–Crippen MR) is 150 cm³/mol. The van der Waals surface area contributed by atoms with E-state index in [1.807, 2.05) is 0 Å². The molecule has 3 aromatic rings. The molecule has 1 fully saturated rings. The molecule has 4 rings (SSSR count). The lowest BCUT2D eigenvalue weighted by molar-refractivity contribution is -0.119. The van der Waals surface area contributed by atoms with Crippen molar-refractivity contribution in [3.63, 3.8) is 0 Å². The molecule has 13 heteroatoms. The van der Waals surface area contributed by atoms with E-state index in [2.05, 4.69) is 5.32 Å². The van der Waals surface area contributed by atoms with Crippen LogP contribution in [0.1, 0.15) is 12.8 Å². The minimum absolute atomic E-state index is 0.00217. The third kappa shape index (κ3) is 7.03. The predicted octanol–water partition coefficient (Wildman–Crippen LogP) is 4.17. The minimum atomic E-state index is -4.12. The van der Waals surface area contributed by atoms with Crippen LogP contribution in [0, 0.1) is 0 Å². The molecule has 3 aromatic carbocycles. The van der Waals surface area contributed by atoms with Crippen molar-refractivity contribution in [2.45, 2.75) is 22.6 Å². The van der Waals surface area contributed by atoms with Gasteiger partial charge in [-0.3, -0.25) is 9.10 Å². The fourth-order valence-corrected chi connectivity index (χ4v) is 7.57. The number of nitrogens with one attached hydrogen (secondary N) is 1. The summed E-state index contributed by atoms with van der Waals surface area (Å²) in [6.45, 7) is 0.683. The SMILES string of the molecule is O=C(CN(c1ccc(Cl)cc1Cl)S(=O)(=O)c1ccccc1)NCCOc1ccc(S(=O)(=O)N2CCCC2)cc1. The molecular formula is C26H27Cl2N3O6S2. The van der Waals surface area contributed by atoms with Crippen molar-refractivity contribution in [1.82, 2.24) is 9.62 Å². The highest BCUT2D eigenvalue weighted by atomic mass is 35.5. The summed E-state index contributed by atoms with van der Waals surface area (Å²) in [5, 5.41) is 3.04. The van der Waals surface area contributed by atoms with Crippen molar-refractivity contribution in [3.05, 3.63) is 82.8 Å². The molecular weight excluding hydrogens is 585 g/mol. The standard InChI is InChI=1S/C26H27Cl2N3O6S2/c27-20-8-13-25(24(28)18-20)31(39(35,36)22-6-2-1-3-7-22)19-26(32)29-14-17-37-21-9-11-23(12-10-21)38(33,34)30-15-4-5-16-30/h1-3,6-13,18H,4-5,14-17,19H2,(H,29,32). The summed E-state index contributed by atoms with van der Waals surface area (Å²) in [7, 11) is -7.63. The number of benzene rings is 3. The van der Waals surface area contributed by atoms with Gasteiger partial charge < -0.3 is 10.1 Å². The Bertz CT molecular complexity index is 1510. The Hall–Kier alpha value is -2.83. The maximum Gasteiger partial charge on any atom is 0.264 e. The third-order valence-corrected chi connectivity index (χ3v) is 10.2. The minimum Gasteiger partial charge on any atom is -0.492 e. The highest BCUT2D eigenvalue weighted by Crippen LogP contribution is 2.32. The number of carbonyl (C=O) groups excluding carboxylic acids is 1. The van der Waals surface area contributed by atoms with Crippen LogP contribution in [-0.2, 0) is 24.8 Å². The van der Waals surface area contributed by atoms with Crippen LogP contribution in [0.3, 0.4) is 0 Å². The molecule has 39 heavy (non-hydrogen) atoms. The van der Waals surface area contributed by atoms with Crippen molar-refractivity contribution in [1.29, 1.82) is 0 Å². The van der Waals surface area contributed by atoms with Gasteiger partial charge in [0.2, 0.25) is 15.9 Å². The number of anilines is 1. The van der Waals surface area contributed by atoms with Gasteiger partial charge in [-0.15, -0.1) is 0 Å². The third-order valence-electron chi connectivity index (χ3n) is 6.02. The second-order valence-corrected chi connectivity index (χ2v) is 13.3. The molecule has 1 aliphatic heterocycles. The molecule has 1 amide bonds. The Balaban J connectivity index is 1.37. The van der Waals surface area contributed by atoms with E-state index in [9.17, 15) is 21.6 Å². The van der Waals surface area contributed by atoms with Crippen LogP contribution >= 0.6 is 23.2 Å². The molecule has 0 saturated carbocycles. The number of halogens is 2. The van der Waals surface area contributed by atoms with Gasteiger partial charge in [-0.2, -0.15) is 4.31 Å². The lowest BCUT2D eigenvalue weighted by Crippen LogP contribution is -2.42. The summed E-state index contributed by atoms with van der Waals surface area (Å²) < 4.78 is 60.1. The van der Waals surface area contributed by atoms with Gasteiger partial charge >= 0.3 is 0 Å². The first-order valence-corrected chi connectivity index (χ1v) is 15.8. The molecule has 208 valence electrons. The van der Waals surface area contributed by atoms with E-state index in [4.69, 9.17) is 27.9 Å². The van der Waals surface area contributed by atoms with Gasteiger partial charge in [0.1, 0.15) is 18.9 Å². The van der Waals surface area contributed by atoms with Crippen molar-refractivity contribution < 1.29 is 26.4 Å². The molecule has 0 atom stereocenters. The van der Waals surface area contributed by atoms with E-state index in [1.54, 1.807) is 30.3 Å². The number of ether oxygens (including phenoxy) is 1. The summed E-state index contributed by atoms with van der Waals surface area (Å²) in [5.41, 5.74) is 0.111. The quantitative estimate of drug-likeness (QED) is 0.326. The Morgan fingerprint density at radius 1 is 0.897 bits per heavy atom. The van der Waals surface area contributed by atoms with Gasteiger partial charge in [-0.1, -0.05) is 41.4 Å². The maximum atomic E-state index is 13.4. The number of rotatable bonds is 11. The van der Waals surface area contributed by atoms with Crippen LogP contribution in [0.5, 0.6) is 5.75 Å². The van der Waals surface area contributed by atoms with E-state index in [0.29, 0.717) is 23.9 Å².